The largest absolute Gasteiger partial charge is 0.495 e. The maximum atomic E-state index is 15.1. The standard InChI is InChI=1S/C29H28ClF2N3O/c1-19-24(18-34-13-15-35(16-14-34)26-5-3-4-6-27(26)36-2)28(23-12-11-22(31)17-25(23)32)29(33-19)20-7-9-21(30)10-8-20/h3-12,17,33H,13-16,18H2,1-2H3. The highest BCUT2D eigenvalue weighted by Crippen LogP contribution is 2.39. The maximum absolute atomic E-state index is 15.1. The van der Waals surface area contributed by atoms with Gasteiger partial charge in [-0.05, 0) is 54.4 Å². The lowest BCUT2D eigenvalue weighted by molar-refractivity contribution is 0.249. The number of nitrogens with one attached hydrogen (secondary N) is 1. The van der Waals surface area contributed by atoms with E-state index in [1.165, 1.54) is 12.1 Å². The molecule has 0 saturated carbocycles. The number of anilines is 1. The third kappa shape index (κ3) is 4.84. The monoisotopic (exact) mass is 507 g/mol. The van der Waals surface area contributed by atoms with E-state index in [-0.39, 0.29) is 0 Å². The van der Waals surface area contributed by atoms with Crippen molar-refractivity contribution in [1.82, 2.24) is 9.88 Å². The molecule has 36 heavy (non-hydrogen) atoms. The van der Waals surface area contributed by atoms with Gasteiger partial charge in [-0.25, -0.2) is 8.78 Å². The summed E-state index contributed by atoms with van der Waals surface area (Å²) >= 11 is 6.11. The van der Waals surface area contributed by atoms with Crippen molar-refractivity contribution in [2.24, 2.45) is 0 Å². The van der Waals surface area contributed by atoms with Crippen LogP contribution in [0.5, 0.6) is 5.75 Å². The molecule has 1 saturated heterocycles. The molecule has 0 atom stereocenters. The molecule has 0 bridgehead atoms. The topological polar surface area (TPSA) is 31.5 Å². The van der Waals surface area contributed by atoms with E-state index in [1.807, 2.05) is 49.4 Å². The third-order valence-electron chi connectivity index (χ3n) is 6.83. The number of nitrogens with zero attached hydrogens (tertiary/aromatic N) is 2. The quantitative estimate of drug-likeness (QED) is 0.307. The second-order valence-corrected chi connectivity index (χ2v) is 9.48. The molecular weight excluding hydrogens is 480 g/mol. The molecule has 1 aliphatic rings. The molecule has 186 valence electrons. The lowest BCUT2D eigenvalue weighted by Gasteiger charge is -2.36. The minimum absolute atomic E-state index is 0.383. The van der Waals surface area contributed by atoms with Gasteiger partial charge in [-0.3, -0.25) is 4.90 Å². The van der Waals surface area contributed by atoms with E-state index >= 15 is 4.39 Å². The molecule has 2 heterocycles. The van der Waals surface area contributed by atoms with Gasteiger partial charge in [0.1, 0.15) is 17.4 Å². The first-order valence-electron chi connectivity index (χ1n) is 12.0. The Morgan fingerprint density at radius 2 is 1.67 bits per heavy atom. The number of benzene rings is 3. The van der Waals surface area contributed by atoms with E-state index in [1.54, 1.807) is 7.11 Å². The summed E-state index contributed by atoms with van der Waals surface area (Å²) in [7, 11) is 1.69. The van der Waals surface area contributed by atoms with Gasteiger partial charge in [0.05, 0.1) is 18.5 Å². The van der Waals surface area contributed by atoms with E-state index in [2.05, 4.69) is 20.9 Å². The molecule has 3 aromatic carbocycles. The average molecular weight is 508 g/mol. The molecule has 4 aromatic rings. The van der Waals surface area contributed by atoms with Gasteiger partial charge in [-0.2, -0.15) is 0 Å². The molecule has 1 fully saturated rings. The van der Waals surface area contributed by atoms with E-state index in [9.17, 15) is 4.39 Å². The summed E-state index contributed by atoms with van der Waals surface area (Å²) in [5, 5.41) is 0.629. The van der Waals surface area contributed by atoms with Crippen LogP contribution in [0.2, 0.25) is 5.02 Å². The van der Waals surface area contributed by atoms with Crippen molar-refractivity contribution in [1.29, 1.82) is 0 Å². The van der Waals surface area contributed by atoms with Gasteiger partial charge < -0.3 is 14.6 Å². The predicted molar refractivity (Wildman–Crippen MR) is 142 cm³/mol. The van der Waals surface area contributed by atoms with E-state index in [0.29, 0.717) is 17.1 Å². The van der Waals surface area contributed by atoms with Crippen LogP contribution in [-0.2, 0) is 6.54 Å². The zero-order valence-corrected chi connectivity index (χ0v) is 21.1. The van der Waals surface area contributed by atoms with Crippen LogP contribution >= 0.6 is 11.6 Å². The van der Waals surface area contributed by atoms with Crippen LogP contribution < -0.4 is 9.64 Å². The molecule has 7 heteroatoms. The second kappa shape index (κ2) is 10.3. The summed E-state index contributed by atoms with van der Waals surface area (Å²) in [6.07, 6.45) is 0. The fourth-order valence-corrected chi connectivity index (χ4v) is 5.07. The molecule has 5 rings (SSSR count). The van der Waals surface area contributed by atoms with Crippen molar-refractivity contribution in [3.63, 3.8) is 0 Å². The number of aromatic nitrogens is 1. The summed E-state index contributed by atoms with van der Waals surface area (Å²) in [5.41, 5.74) is 5.91. The number of para-hydroxylation sites is 2. The summed E-state index contributed by atoms with van der Waals surface area (Å²) in [5.74, 6) is -0.300. The van der Waals surface area contributed by atoms with Gasteiger partial charge in [0, 0.05) is 60.6 Å². The summed E-state index contributed by atoms with van der Waals surface area (Å²) in [6, 6.07) is 19.3. The smallest absolute Gasteiger partial charge is 0.142 e. The van der Waals surface area contributed by atoms with Gasteiger partial charge >= 0.3 is 0 Å². The fraction of sp³-hybridized carbons (Fsp3) is 0.241. The number of rotatable bonds is 6. The highest BCUT2D eigenvalue weighted by Gasteiger charge is 2.25. The number of hydrogen-bond acceptors (Lipinski definition) is 3. The van der Waals surface area contributed by atoms with Gasteiger partial charge in [-0.1, -0.05) is 35.9 Å². The maximum Gasteiger partial charge on any atom is 0.142 e. The van der Waals surface area contributed by atoms with E-state index < -0.39 is 11.6 Å². The van der Waals surface area contributed by atoms with Gasteiger partial charge in [0.2, 0.25) is 0 Å². The Balaban J connectivity index is 1.46. The Hall–Kier alpha value is -3.35. The molecule has 0 amide bonds. The first-order valence-corrected chi connectivity index (χ1v) is 12.4. The minimum Gasteiger partial charge on any atom is -0.495 e. The first kappa shape index (κ1) is 24.3. The normalized spacial score (nSPS) is 14.3. The number of aryl methyl sites for hydroxylation is 1. The molecule has 1 aromatic heterocycles. The highest BCUT2D eigenvalue weighted by molar-refractivity contribution is 6.30. The van der Waals surface area contributed by atoms with Crippen molar-refractivity contribution in [2.45, 2.75) is 13.5 Å². The summed E-state index contributed by atoms with van der Waals surface area (Å²) < 4.78 is 34.4. The van der Waals surface area contributed by atoms with Crippen LogP contribution in [0.3, 0.4) is 0 Å². The predicted octanol–water partition coefficient (Wildman–Crippen LogP) is 6.92. The highest BCUT2D eigenvalue weighted by atomic mass is 35.5. The van der Waals surface area contributed by atoms with Crippen LogP contribution in [0.4, 0.5) is 14.5 Å². The number of halogens is 3. The fourth-order valence-electron chi connectivity index (χ4n) is 4.95. The van der Waals surface area contributed by atoms with Crippen LogP contribution in [0, 0.1) is 18.6 Å². The van der Waals surface area contributed by atoms with Gasteiger partial charge in [0.15, 0.2) is 0 Å². The molecule has 1 N–H and O–H groups in total. The first-order chi connectivity index (χ1) is 17.4. The Labute approximate surface area is 215 Å². The lowest BCUT2D eigenvalue weighted by Crippen LogP contribution is -2.46. The number of ether oxygens (including phenoxy) is 1. The van der Waals surface area contributed by atoms with Crippen molar-refractivity contribution in [2.75, 3.05) is 38.2 Å². The van der Waals surface area contributed by atoms with Crippen molar-refractivity contribution >= 4 is 17.3 Å². The molecule has 0 aliphatic carbocycles. The molecule has 1 aliphatic heterocycles. The van der Waals surface area contributed by atoms with E-state index in [4.69, 9.17) is 16.3 Å². The molecule has 0 unspecified atom stereocenters. The second-order valence-electron chi connectivity index (χ2n) is 9.04. The molecular formula is C29H28ClF2N3O. The van der Waals surface area contributed by atoms with Crippen molar-refractivity contribution in [3.05, 3.63) is 94.6 Å². The molecule has 4 nitrogen and oxygen atoms in total. The number of aromatic amines is 1. The zero-order valence-electron chi connectivity index (χ0n) is 20.3. The van der Waals surface area contributed by atoms with Crippen molar-refractivity contribution < 1.29 is 13.5 Å². The third-order valence-corrected chi connectivity index (χ3v) is 7.08. The lowest BCUT2D eigenvalue weighted by atomic mass is 9.96. The SMILES string of the molecule is COc1ccccc1N1CCN(Cc2c(C)[nH]c(-c3ccc(Cl)cc3)c2-c2ccc(F)cc2F)CC1. The van der Waals surface area contributed by atoms with Crippen LogP contribution in [0.15, 0.2) is 66.7 Å². The summed E-state index contributed by atoms with van der Waals surface area (Å²) in [6.45, 7) is 6.07. The van der Waals surface area contributed by atoms with Crippen molar-refractivity contribution in [3.8, 4) is 28.1 Å². The van der Waals surface area contributed by atoms with E-state index in [0.717, 1.165) is 71.8 Å². The zero-order chi connectivity index (χ0) is 25.2. The molecule has 0 spiro atoms. The number of H-pyrrole nitrogens is 1. The number of hydrogen-bond donors (Lipinski definition) is 1. The average Bonchev–Trinajstić information content (AvgIpc) is 3.20. The van der Waals surface area contributed by atoms with Gasteiger partial charge in [0.25, 0.3) is 0 Å². The number of piperazine rings is 1. The molecule has 0 radical (unpaired) electrons. The minimum atomic E-state index is -0.592. The van der Waals surface area contributed by atoms with Gasteiger partial charge in [-0.15, -0.1) is 0 Å². The van der Waals surface area contributed by atoms with Crippen LogP contribution in [0.1, 0.15) is 11.3 Å². The Bertz CT molecular complexity index is 1360. The van der Waals surface area contributed by atoms with Crippen LogP contribution in [0.25, 0.3) is 22.4 Å². The summed E-state index contributed by atoms with van der Waals surface area (Å²) in [4.78, 5) is 8.18. The van der Waals surface area contributed by atoms with Crippen LogP contribution in [-0.4, -0.2) is 43.2 Å². The Morgan fingerprint density at radius 1 is 0.944 bits per heavy atom. The number of methoxy groups -OCH3 is 1. The Kier molecular flexibility index (Phi) is 6.99. The Morgan fingerprint density at radius 3 is 2.36 bits per heavy atom.